The van der Waals surface area contributed by atoms with Crippen LogP contribution in [0, 0.1) is 5.92 Å². The molecule has 0 saturated carbocycles. The van der Waals surface area contributed by atoms with E-state index in [1.807, 2.05) is 30.3 Å². The lowest BCUT2D eigenvalue weighted by Crippen LogP contribution is -2.39. The average Bonchev–Trinajstić information content (AvgIpc) is 3.26. The number of amides is 2. The maximum atomic E-state index is 12.3. The van der Waals surface area contributed by atoms with E-state index in [0.717, 1.165) is 18.4 Å². The Balaban J connectivity index is 1.21. The van der Waals surface area contributed by atoms with Crippen LogP contribution in [0.5, 0.6) is 0 Å². The third-order valence-electron chi connectivity index (χ3n) is 5.47. The van der Waals surface area contributed by atoms with Crippen LogP contribution in [0.4, 0.5) is 5.95 Å². The van der Waals surface area contributed by atoms with Gasteiger partial charge in [-0.15, -0.1) is 5.10 Å². The minimum absolute atomic E-state index is 0.0578. The lowest BCUT2D eigenvalue weighted by atomic mass is 9.89. The number of fused-ring (bicyclic) bond motifs is 2. The number of benzene rings is 1. The van der Waals surface area contributed by atoms with E-state index in [1.165, 1.54) is 23.9 Å². The highest BCUT2D eigenvalue weighted by Crippen LogP contribution is 2.32. The third-order valence-corrected chi connectivity index (χ3v) is 5.47. The van der Waals surface area contributed by atoms with Crippen LogP contribution in [0.3, 0.4) is 0 Å². The number of hydrogen-bond acceptors (Lipinski definition) is 5. The summed E-state index contributed by atoms with van der Waals surface area (Å²) < 4.78 is 1.43. The van der Waals surface area contributed by atoms with Crippen molar-refractivity contribution in [3.63, 3.8) is 0 Å². The molecule has 3 N–H and O–H groups in total. The molecule has 8 heteroatoms. The van der Waals surface area contributed by atoms with Crippen molar-refractivity contribution in [2.75, 3.05) is 5.32 Å². The van der Waals surface area contributed by atoms with E-state index in [-0.39, 0.29) is 24.3 Å². The van der Waals surface area contributed by atoms with Gasteiger partial charge in [0.25, 0.3) is 0 Å². The molecule has 0 spiro atoms. The van der Waals surface area contributed by atoms with E-state index in [4.69, 9.17) is 0 Å². The zero-order chi connectivity index (χ0) is 19.3. The molecule has 148 valence electrons. The van der Waals surface area contributed by atoms with E-state index < -0.39 is 0 Å². The SMILES string of the molecule is O=C(Cn1cnc(NC(=O)CC2CC3CCC(C2)N3)n1)NCc1ccccc1. The number of hydrogen-bond donors (Lipinski definition) is 3. The summed E-state index contributed by atoms with van der Waals surface area (Å²) in [6.07, 6.45) is 6.53. The van der Waals surface area contributed by atoms with Gasteiger partial charge in [0.1, 0.15) is 12.9 Å². The predicted molar refractivity (Wildman–Crippen MR) is 104 cm³/mol. The van der Waals surface area contributed by atoms with Crippen molar-refractivity contribution in [3.8, 4) is 0 Å². The summed E-state index contributed by atoms with van der Waals surface area (Å²) in [5.74, 6) is 0.455. The summed E-state index contributed by atoms with van der Waals surface area (Å²) in [6.45, 7) is 0.531. The molecule has 4 rings (SSSR count). The van der Waals surface area contributed by atoms with E-state index in [9.17, 15) is 9.59 Å². The summed E-state index contributed by atoms with van der Waals surface area (Å²) in [6, 6.07) is 10.9. The Morgan fingerprint density at radius 2 is 1.86 bits per heavy atom. The number of nitrogens with zero attached hydrogens (tertiary/aromatic N) is 3. The van der Waals surface area contributed by atoms with Gasteiger partial charge < -0.3 is 10.6 Å². The van der Waals surface area contributed by atoms with Crippen molar-refractivity contribution in [2.24, 2.45) is 5.92 Å². The van der Waals surface area contributed by atoms with Crippen LogP contribution in [0.15, 0.2) is 36.7 Å². The van der Waals surface area contributed by atoms with Gasteiger partial charge in [-0.25, -0.2) is 9.67 Å². The second-order valence-electron chi connectivity index (χ2n) is 7.76. The van der Waals surface area contributed by atoms with Gasteiger partial charge in [0.2, 0.25) is 17.8 Å². The van der Waals surface area contributed by atoms with Crippen molar-refractivity contribution < 1.29 is 9.59 Å². The molecule has 2 atom stereocenters. The Kier molecular flexibility index (Phi) is 5.66. The fraction of sp³-hybridized carbons (Fsp3) is 0.500. The normalized spacial score (nSPS) is 23.4. The minimum atomic E-state index is -0.156. The highest BCUT2D eigenvalue weighted by atomic mass is 16.2. The Hall–Kier alpha value is -2.74. The van der Waals surface area contributed by atoms with Gasteiger partial charge in [-0.2, -0.15) is 0 Å². The largest absolute Gasteiger partial charge is 0.350 e. The maximum absolute atomic E-state index is 12.3. The minimum Gasteiger partial charge on any atom is -0.350 e. The summed E-state index contributed by atoms with van der Waals surface area (Å²) >= 11 is 0. The highest BCUT2D eigenvalue weighted by molar-refractivity contribution is 5.89. The van der Waals surface area contributed by atoms with Gasteiger partial charge in [0, 0.05) is 25.0 Å². The van der Waals surface area contributed by atoms with Crippen LogP contribution in [-0.2, 0) is 22.7 Å². The van der Waals surface area contributed by atoms with Crippen LogP contribution in [0.25, 0.3) is 0 Å². The first-order valence-electron chi connectivity index (χ1n) is 9.90. The molecule has 2 aliphatic heterocycles. The molecule has 2 unspecified atom stereocenters. The van der Waals surface area contributed by atoms with Crippen molar-refractivity contribution in [2.45, 2.75) is 57.3 Å². The molecule has 1 aromatic heterocycles. The van der Waals surface area contributed by atoms with Crippen molar-refractivity contribution in [1.29, 1.82) is 0 Å². The van der Waals surface area contributed by atoms with Crippen LogP contribution >= 0.6 is 0 Å². The maximum Gasteiger partial charge on any atom is 0.248 e. The van der Waals surface area contributed by atoms with Crippen LogP contribution in [0.2, 0.25) is 0 Å². The van der Waals surface area contributed by atoms with Crippen molar-refractivity contribution >= 4 is 17.8 Å². The van der Waals surface area contributed by atoms with Crippen LogP contribution in [-0.4, -0.2) is 38.7 Å². The van der Waals surface area contributed by atoms with Crippen molar-refractivity contribution in [1.82, 2.24) is 25.4 Å². The van der Waals surface area contributed by atoms with Gasteiger partial charge >= 0.3 is 0 Å². The summed E-state index contributed by atoms with van der Waals surface area (Å²) in [5.41, 5.74) is 1.04. The topological polar surface area (TPSA) is 101 Å². The summed E-state index contributed by atoms with van der Waals surface area (Å²) in [5, 5.41) is 13.4. The molecule has 0 radical (unpaired) electrons. The van der Waals surface area contributed by atoms with E-state index in [2.05, 4.69) is 26.0 Å². The number of nitrogens with one attached hydrogen (secondary N) is 3. The summed E-state index contributed by atoms with van der Waals surface area (Å²) in [7, 11) is 0. The molecule has 2 amide bonds. The third kappa shape index (κ3) is 4.95. The van der Waals surface area contributed by atoms with Gasteiger partial charge in [0.05, 0.1) is 0 Å². The fourth-order valence-corrected chi connectivity index (χ4v) is 4.21. The van der Waals surface area contributed by atoms with E-state index >= 15 is 0 Å². The van der Waals surface area contributed by atoms with Gasteiger partial charge in [-0.3, -0.25) is 14.9 Å². The molecule has 1 aromatic carbocycles. The highest BCUT2D eigenvalue weighted by Gasteiger charge is 2.34. The smallest absolute Gasteiger partial charge is 0.248 e. The zero-order valence-electron chi connectivity index (χ0n) is 15.8. The van der Waals surface area contributed by atoms with Gasteiger partial charge in [0.15, 0.2) is 0 Å². The molecular weight excluding hydrogens is 356 g/mol. The molecule has 28 heavy (non-hydrogen) atoms. The molecule has 2 aromatic rings. The van der Waals surface area contributed by atoms with Crippen molar-refractivity contribution in [3.05, 3.63) is 42.2 Å². The first-order valence-corrected chi connectivity index (χ1v) is 9.90. The van der Waals surface area contributed by atoms with E-state index in [1.54, 1.807) is 0 Å². The molecule has 0 aliphatic carbocycles. The molecular formula is C20H26N6O2. The molecule has 2 fully saturated rings. The number of carbonyl (C=O) groups is 2. The Morgan fingerprint density at radius 1 is 1.11 bits per heavy atom. The molecule has 8 nitrogen and oxygen atoms in total. The first kappa shape index (κ1) is 18.6. The lowest BCUT2D eigenvalue weighted by molar-refractivity contribution is -0.122. The standard InChI is InChI=1S/C20H26N6O2/c27-18(10-15-8-16-6-7-17(9-15)23-16)24-20-22-13-26(25-20)12-19(28)21-11-14-4-2-1-3-5-14/h1-5,13,15-17,23H,6-12H2,(H,21,28)(H,24,25,27). The first-order chi connectivity index (χ1) is 13.6. The lowest BCUT2D eigenvalue weighted by Gasteiger charge is -2.28. The van der Waals surface area contributed by atoms with Gasteiger partial charge in [-0.05, 0) is 37.2 Å². The Morgan fingerprint density at radius 3 is 2.61 bits per heavy atom. The second-order valence-corrected chi connectivity index (χ2v) is 7.76. The molecule has 2 saturated heterocycles. The second kappa shape index (κ2) is 8.52. The number of carbonyl (C=O) groups excluding carboxylic acids is 2. The quantitative estimate of drug-likeness (QED) is 0.673. The number of aromatic nitrogens is 3. The molecule has 2 bridgehead atoms. The molecule has 3 heterocycles. The average molecular weight is 382 g/mol. The Labute approximate surface area is 164 Å². The van der Waals surface area contributed by atoms with Gasteiger partial charge in [-0.1, -0.05) is 30.3 Å². The zero-order valence-corrected chi connectivity index (χ0v) is 15.8. The number of piperidine rings is 1. The molecule has 2 aliphatic rings. The number of rotatable bonds is 7. The fourth-order valence-electron chi connectivity index (χ4n) is 4.21. The van der Waals surface area contributed by atoms with Crippen LogP contribution < -0.4 is 16.0 Å². The number of anilines is 1. The predicted octanol–water partition coefficient (Wildman–Crippen LogP) is 1.45. The summed E-state index contributed by atoms with van der Waals surface area (Å²) in [4.78, 5) is 28.4. The monoisotopic (exact) mass is 382 g/mol. The van der Waals surface area contributed by atoms with E-state index in [0.29, 0.717) is 31.0 Å². The Bertz CT molecular complexity index is 809. The van der Waals surface area contributed by atoms with Crippen LogP contribution in [0.1, 0.15) is 37.7 Å².